The van der Waals surface area contributed by atoms with Gasteiger partial charge in [0.1, 0.15) is 17.3 Å². The fourth-order valence-electron chi connectivity index (χ4n) is 2.66. The van der Waals surface area contributed by atoms with Crippen LogP contribution in [0.4, 0.5) is 14.5 Å². The third-order valence-electron chi connectivity index (χ3n) is 3.86. The summed E-state index contributed by atoms with van der Waals surface area (Å²) < 4.78 is 50.0. The van der Waals surface area contributed by atoms with E-state index in [1.807, 2.05) is 0 Å². The Kier molecular flexibility index (Phi) is 5.53. The lowest BCUT2D eigenvalue weighted by Crippen LogP contribution is -2.41. The third-order valence-corrected chi connectivity index (χ3v) is 5.61. The molecule has 2 rings (SSSR count). The predicted molar refractivity (Wildman–Crippen MR) is 84.1 cm³/mol. The highest BCUT2D eigenvalue weighted by molar-refractivity contribution is 7.91. The van der Waals surface area contributed by atoms with Gasteiger partial charge in [0, 0.05) is 25.9 Å². The molecule has 1 saturated heterocycles. The number of carbonyl (C=O) groups is 2. The summed E-state index contributed by atoms with van der Waals surface area (Å²) in [5, 5.41) is 2.13. The molecule has 132 valence electrons. The summed E-state index contributed by atoms with van der Waals surface area (Å²) in [4.78, 5) is 24.9. The molecule has 6 nitrogen and oxygen atoms in total. The Morgan fingerprint density at radius 1 is 1.29 bits per heavy atom. The number of amides is 2. The molecule has 1 unspecified atom stereocenters. The van der Waals surface area contributed by atoms with Gasteiger partial charge in [-0.1, -0.05) is 6.07 Å². The molecule has 1 aromatic rings. The topological polar surface area (TPSA) is 83.6 Å². The van der Waals surface area contributed by atoms with Crippen molar-refractivity contribution in [3.05, 3.63) is 29.8 Å². The van der Waals surface area contributed by atoms with Crippen molar-refractivity contribution in [1.82, 2.24) is 4.90 Å². The van der Waals surface area contributed by atoms with E-state index in [1.54, 1.807) is 0 Å². The smallest absolute Gasteiger partial charge is 0.226 e. The van der Waals surface area contributed by atoms with E-state index in [9.17, 15) is 26.8 Å². The molecule has 1 atom stereocenters. The molecular formula is C15H18F2N2O4S. The fraction of sp³-hybridized carbons (Fsp3) is 0.467. The number of rotatable bonds is 5. The molecule has 1 N–H and O–H groups in total. The van der Waals surface area contributed by atoms with Crippen LogP contribution in [0.25, 0.3) is 0 Å². The Morgan fingerprint density at radius 3 is 2.42 bits per heavy atom. The molecule has 1 aliphatic rings. The standard InChI is InChI=1S/C15H18F2N2O4S/c1-10(20)19(11-6-8-24(22,23)9-11)7-5-14(21)18-15-12(16)3-2-4-13(15)17/h2-4,11H,5-9H2,1H3,(H,18,21). The van der Waals surface area contributed by atoms with Gasteiger partial charge < -0.3 is 10.2 Å². The first-order valence-electron chi connectivity index (χ1n) is 7.41. The Labute approximate surface area is 138 Å². The summed E-state index contributed by atoms with van der Waals surface area (Å²) >= 11 is 0. The van der Waals surface area contributed by atoms with Gasteiger partial charge in [-0.05, 0) is 18.6 Å². The average Bonchev–Trinajstić information content (AvgIpc) is 2.83. The summed E-state index contributed by atoms with van der Waals surface area (Å²) in [5.74, 6) is -2.92. The summed E-state index contributed by atoms with van der Waals surface area (Å²) in [6.45, 7) is 1.27. The molecule has 0 bridgehead atoms. The number of benzene rings is 1. The van der Waals surface area contributed by atoms with Crippen molar-refractivity contribution in [1.29, 1.82) is 0 Å². The minimum Gasteiger partial charge on any atom is -0.338 e. The van der Waals surface area contributed by atoms with E-state index >= 15 is 0 Å². The normalized spacial score (nSPS) is 19.0. The fourth-order valence-corrected chi connectivity index (χ4v) is 4.39. The molecule has 24 heavy (non-hydrogen) atoms. The Morgan fingerprint density at radius 2 is 1.92 bits per heavy atom. The number of para-hydroxylation sites is 1. The maximum atomic E-state index is 13.5. The van der Waals surface area contributed by atoms with E-state index in [1.165, 1.54) is 17.9 Å². The molecule has 1 aliphatic heterocycles. The molecule has 1 heterocycles. The van der Waals surface area contributed by atoms with E-state index in [0.717, 1.165) is 12.1 Å². The van der Waals surface area contributed by atoms with Crippen molar-refractivity contribution in [3.63, 3.8) is 0 Å². The van der Waals surface area contributed by atoms with Gasteiger partial charge in [0.05, 0.1) is 11.5 Å². The van der Waals surface area contributed by atoms with Crippen molar-refractivity contribution in [2.24, 2.45) is 0 Å². The molecule has 0 aliphatic carbocycles. The SMILES string of the molecule is CC(=O)N(CCC(=O)Nc1c(F)cccc1F)C1CCS(=O)(=O)C1. The van der Waals surface area contributed by atoms with Crippen LogP contribution in [0.1, 0.15) is 19.8 Å². The lowest BCUT2D eigenvalue weighted by molar-refractivity contribution is -0.131. The Hall–Kier alpha value is -2.03. The molecule has 1 fully saturated rings. The number of nitrogens with one attached hydrogen (secondary N) is 1. The lowest BCUT2D eigenvalue weighted by atomic mass is 10.2. The monoisotopic (exact) mass is 360 g/mol. The molecule has 9 heteroatoms. The van der Waals surface area contributed by atoms with Crippen LogP contribution in [0.5, 0.6) is 0 Å². The van der Waals surface area contributed by atoms with Gasteiger partial charge in [0.25, 0.3) is 0 Å². The first-order valence-corrected chi connectivity index (χ1v) is 9.23. The predicted octanol–water partition coefficient (Wildman–Crippen LogP) is 1.33. The molecule has 2 amide bonds. The van der Waals surface area contributed by atoms with E-state index in [4.69, 9.17) is 0 Å². The highest BCUT2D eigenvalue weighted by Crippen LogP contribution is 2.20. The van der Waals surface area contributed by atoms with Gasteiger partial charge in [-0.25, -0.2) is 17.2 Å². The Bertz CT molecular complexity index is 732. The van der Waals surface area contributed by atoms with E-state index in [2.05, 4.69) is 5.32 Å². The Balaban J connectivity index is 1.97. The van der Waals surface area contributed by atoms with Crippen LogP contribution in [-0.4, -0.2) is 49.2 Å². The van der Waals surface area contributed by atoms with Crippen molar-refractivity contribution < 1.29 is 26.8 Å². The van der Waals surface area contributed by atoms with E-state index in [-0.39, 0.29) is 30.4 Å². The van der Waals surface area contributed by atoms with Crippen LogP contribution in [0.2, 0.25) is 0 Å². The first-order chi connectivity index (χ1) is 11.2. The number of halogens is 2. The molecule has 0 saturated carbocycles. The first kappa shape index (κ1) is 18.3. The maximum absolute atomic E-state index is 13.5. The minimum absolute atomic E-state index is 0.00802. The van der Waals surface area contributed by atoms with Crippen LogP contribution in [0.3, 0.4) is 0 Å². The van der Waals surface area contributed by atoms with Crippen LogP contribution in [0, 0.1) is 11.6 Å². The molecular weight excluding hydrogens is 342 g/mol. The zero-order valence-electron chi connectivity index (χ0n) is 13.1. The number of anilines is 1. The summed E-state index contributed by atoms with van der Waals surface area (Å²) in [6, 6.07) is 2.75. The van der Waals surface area contributed by atoms with Crippen LogP contribution >= 0.6 is 0 Å². The van der Waals surface area contributed by atoms with Crippen LogP contribution in [0.15, 0.2) is 18.2 Å². The minimum atomic E-state index is -3.17. The summed E-state index contributed by atoms with van der Waals surface area (Å²) in [5.41, 5.74) is -0.541. The second-order valence-corrected chi connectivity index (χ2v) is 7.89. The zero-order valence-corrected chi connectivity index (χ0v) is 13.9. The highest BCUT2D eigenvalue weighted by Gasteiger charge is 2.33. The zero-order chi connectivity index (χ0) is 17.9. The van der Waals surface area contributed by atoms with Crippen molar-refractivity contribution in [2.45, 2.75) is 25.8 Å². The molecule has 0 spiro atoms. The second kappa shape index (κ2) is 7.25. The second-order valence-electron chi connectivity index (χ2n) is 5.66. The third kappa shape index (κ3) is 4.50. The number of nitrogens with zero attached hydrogens (tertiary/aromatic N) is 1. The quantitative estimate of drug-likeness (QED) is 0.859. The van der Waals surface area contributed by atoms with E-state index < -0.39 is 39.1 Å². The van der Waals surface area contributed by atoms with Crippen molar-refractivity contribution in [3.8, 4) is 0 Å². The molecule has 1 aromatic carbocycles. The number of hydrogen-bond acceptors (Lipinski definition) is 4. The molecule has 0 aromatic heterocycles. The maximum Gasteiger partial charge on any atom is 0.226 e. The summed E-state index contributed by atoms with van der Waals surface area (Å²) in [6.07, 6.45) is 0.134. The van der Waals surface area contributed by atoms with Crippen molar-refractivity contribution in [2.75, 3.05) is 23.4 Å². The number of hydrogen-bond donors (Lipinski definition) is 1. The highest BCUT2D eigenvalue weighted by atomic mass is 32.2. The lowest BCUT2D eigenvalue weighted by Gasteiger charge is -2.26. The van der Waals surface area contributed by atoms with Crippen LogP contribution < -0.4 is 5.32 Å². The molecule has 0 radical (unpaired) electrons. The number of carbonyl (C=O) groups excluding carboxylic acids is 2. The number of sulfone groups is 1. The van der Waals surface area contributed by atoms with Crippen LogP contribution in [-0.2, 0) is 19.4 Å². The van der Waals surface area contributed by atoms with Crippen molar-refractivity contribution >= 4 is 27.3 Å². The van der Waals surface area contributed by atoms with E-state index in [0.29, 0.717) is 6.42 Å². The van der Waals surface area contributed by atoms with Gasteiger partial charge in [0.2, 0.25) is 11.8 Å². The average molecular weight is 360 g/mol. The van der Waals surface area contributed by atoms with Gasteiger partial charge in [-0.3, -0.25) is 9.59 Å². The van der Waals surface area contributed by atoms with Gasteiger partial charge in [-0.15, -0.1) is 0 Å². The largest absolute Gasteiger partial charge is 0.338 e. The van der Waals surface area contributed by atoms with Gasteiger partial charge in [0.15, 0.2) is 9.84 Å². The van der Waals surface area contributed by atoms with Gasteiger partial charge in [-0.2, -0.15) is 0 Å². The summed E-state index contributed by atoms with van der Waals surface area (Å²) in [7, 11) is -3.17. The van der Waals surface area contributed by atoms with Gasteiger partial charge >= 0.3 is 0 Å².